The molecule has 104 valence electrons. The van der Waals surface area contributed by atoms with Gasteiger partial charge in [-0.2, -0.15) is 0 Å². The zero-order chi connectivity index (χ0) is 13.7. The highest BCUT2D eigenvalue weighted by Gasteiger charge is 2.27. The topological polar surface area (TPSA) is 51.7 Å². The van der Waals surface area contributed by atoms with Gasteiger partial charge in [0.1, 0.15) is 23.5 Å². The van der Waals surface area contributed by atoms with Crippen LogP contribution in [0.3, 0.4) is 0 Å². The number of carbonyl (C=O) groups excluding carboxylic acids is 1. The Bertz CT molecular complexity index is 442. The van der Waals surface area contributed by atoms with Crippen LogP contribution in [0.15, 0.2) is 18.5 Å². The van der Waals surface area contributed by atoms with Crippen LogP contribution in [0.1, 0.15) is 13.3 Å². The van der Waals surface area contributed by atoms with Crippen molar-refractivity contribution in [2.75, 3.05) is 26.3 Å². The van der Waals surface area contributed by atoms with Crippen molar-refractivity contribution in [2.24, 2.45) is 0 Å². The number of aromatic nitrogens is 1. The van der Waals surface area contributed by atoms with E-state index in [2.05, 4.69) is 4.98 Å². The molecule has 1 aliphatic rings. The summed E-state index contributed by atoms with van der Waals surface area (Å²) in [5.41, 5.74) is 0. The molecule has 1 saturated heterocycles. The van der Waals surface area contributed by atoms with Crippen molar-refractivity contribution in [3.8, 4) is 5.75 Å². The van der Waals surface area contributed by atoms with E-state index in [9.17, 15) is 4.79 Å². The second kappa shape index (κ2) is 6.73. The fourth-order valence-electron chi connectivity index (χ4n) is 1.97. The van der Waals surface area contributed by atoms with E-state index in [0.717, 1.165) is 6.42 Å². The molecule has 1 fully saturated rings. The maximum Gasteiger partial charge on any atom is 0.248 e. The van der Waals surface area contributed by atoms with Crippen LogP contribution in [0.5, 0.6) is 5.75 Å². The molecule has 0 bridgehead atoms. The van der Waals surface area contributed by atoms with E-state index in [1.807, 2.05) is 6.92 Å². The molecule has 0 aromatic carbocycles. The predicted molar refractivity (Wildman–Crippen MR) is 71.4 cm³/mol. The van der Waals surface area contributed by atoms with Gasteiger partial charge in [0.05, 0.1) is 6.54 Å². The minimum absolute atomic E-state index is 0.00813. The summed E-state index contributed by atoms with van der Waals surface area (Å²) in [7, 11) is 0. The van der Waals surface area contributed by atoms with Crippen LogP contribution in [0.2, 0.25) is 5.02 Å². The molecular weight excluding hydrogens is 268 g/mol. The Balaban J connectivity index is 1.85. The first kappa shape index (κ1) is 14.1. The van der Waals surface area contributed by atoms with E-state index in [-0.39, 0.29) is 18.6 Å². The summed E-state index contributed by atoms with van der Waals surface area (Å²) in [5, 5.41) is 0.488. The highest BCUT2D eigenvalue weighted by atomic mass is 35.5. The molecule has 0 N–H and O–H groups in total. The van der Waals surface area contributed by atoms with Gasteiger partial charge in [-0.3, -0.25) is 9.78 Å². The van der Waals surface area contributed by atoms with Crippen molar-refractivity contribution in [3.63, 3.8) is 0 Å². The fraction of sp³-hybridized carbons (Fsp3) is 0.538. The standard InChI is InChI=1S/C13H17ClN2O3/c1-2-18-9-13(17)16-6-4-10(8-16)19-12-3-5-15-7-11(12)14/h3,5,7,10H,2,4,6,8-9H2,1H3. The number of rotatable bonds is 5. The zero-order valence-corrected chi connectivity index (χ0v) is 11.6. The molecule has 2 rings (SSSR count). The molecule has 1 atom stereocenters. The smallest absolute Gasteiger partial charge is 0.248 e. The molecule has 0 radical (unpaired) electrons. The van der Waals surface area contributed by atoms with Gasteiger partial charge in [-0.25, -0.2) is 0 Å². The van der Waals surface area contributed by atoms with E-state index in [0.29, 0.717) is 30.5 Å². The SMILES string of the molecule is CCOCC(=O)N1CCC(Oc2ccncc2Cl)C1. The maximum absolute atomic E-state index is 11.8. The van der Waals surface area contributed by atoms with Crippen molar-refractivity contribution in [1.82, 2.24) is 9.88 Å². The van der Waals surface area contributed by atoms with Gasteiger partial charge in [0, 0.05) is 38.0 Å². The molecule has 5 nitrogen and oxygen atoms in total. The van der Waals surface area contributed by atoms with Gasteiger partial charge in [0.15, 0.2) is 0 Å². The maximum atomic E-state index is 11.8. The Hall–Kier alpha value is -1.33. The number of hydrogen-bond donors (Lipinski definition) is 0. The first-order valence-corrected chi connectivity index (χ1v) is 6.70. The van der Waals surface area contributed by atoms with Crippen LogP contribution in [-0.4, -0.2) is 48.2 Å². The number of hydrogen-bond acceptors (Lipinski definition) is 4. The van der Waals surface area contributed by atoms with Crippen molar-refractivity contribution in [1.29, 1.82) is 0 Å². The lowest BCUT2D eigenvalue weighted by molar-refractivity contribution is -0.135. The number of amides is 1. The lowest BCUT2D eigenvalue weighted by Gasteiger charge is -2.17. The van der Waals surface area contributed by atoms with Gasteiger partial charge < -0.3 is 14.4 Å². The molecule has 0 saturated carbocycles. The Kier molecular flexibility index (Phi) is 4.99. The Morgan fingerprint density at radius 1 is 1.63 bits per heavy atom. The van der Waals surface area contributed by atoms with E-state index >= 15 is 0 Å². The monoisotopic (exact) mass is 284 g/mol. The minimum atomic E-state index is -0.0227. The largest absolute Gasteiger partial charge is 0.487 e. The summed E-state index contributed by atoms with van der Waals surface area (Å²) >= 11 is 5.98. The van der Waals surface area contributed by atoms with Crippen LogP contribution in [0, 0.1) is 0 Å². The number of carbonyl (C=O) groups is 1. The van der Waals surface area contributed by atoms with Crippen molar-refractivity contribution in [3.05, 3.63) is 23.5 Å². The fourth-order valence-corrected chi connectivity index (χ4v) is 2.13. The zero-order valence-electron chi connectivity index (χ0n) is 10.8. The number of halogens is 1. The van der Waals surface area contributed by atoms with Gasteiger partial charge in [0.25, 0.3) is 0 Å². The summed E-state index contributed by atoms with van der Waals surface area (Å²) < 4.78 is 10.9. The van der Waals surface area contributed by atoms with Gasteiger partial charge in [-0.1, -0.05) is 11.6 Å². The first-order chi connectivity index (χ1) is 9.20. The third kappa shape index (κ3) is 3.81. The Labute approximate surface area is 117 Å². The summed E-state index contributed by atoms with van der Waals surface area (Å²) in [6.07, 6.45) is 3.96. The van der Waals surface area contributed by atoms with Crippen LogP contribution >= 0.6 is 11.6 Å². The van der Waals surface area contributed by atoms with E-state index in [1.165, 1.54) is 0 Å². The van der Waals surface area contributed by atoms with E-state index in [4.69, 9.17) is 21.1 Å². The molecule has 1 aromatic rings. The number of pyridine rings is 1. The average molecular weight is 285 g/mol. The second-order valence-electron chi connectivity index (χ2n) is 4.31. The Morgan fingerprint density at radius 2 is 2.47 bits per heavy atom. The third-order valence-electron chi connectivity index (χ3n) is 2.96. The molecule has 2 heterocycles. The molecule has 1 amide bonds. The normalized spacial score (nSPS) is 18.6. The van der Waals surface area contributed by atoms with Crippen LogP contribution in [0.25, 0.3) is 0 Å². The molecule has 1 aromatic heterocycles. The molecule has 19 heavy (non-hydrogen) atoms. The third-order valence-corrected chi connectivity index (χ3v) is 3.24. The summed E-state index contributed by atoms with van der Waals surface area (Å²) in [4.78, 5) is 17.4. The lowest BCUT2D eigenvalue weighted by Crippen LogP contribution is -2.33. The summed E-state index contributed by atoms with van der Waals surface area (Å²) in [6, 6.07) is 1.73. The summed E-state index contributed by atoms with van der Waals surface area (Å²) in [5.74, 6) is 0.620. The van der Waals surface area contributed by atoms with Crippen LogP contribution in [0.4, 0.5) is 0 Å². The number of nitrogens with zero attached hydrogens (tertiary/aromatic N) is 2. The first-order valence-electron chi connectivity index (χ1n) is 6.32. The van der Waals surface area contributed by atoms with Crippen molar-refractivity contribution < 1.29 is 14.3 Å². The number of ether oxygens (including phenoxy) is 2. The molecule has 0 aliphatic carbocycles. The molecular formula is C13H17ClN2O3. The van der Waals surface area contributed by atoms with E-state index < -0.39 is 0 Å². The number of likely N-dealkylation sites (tertiary alicyclic amines) is 1. The average Bonchev–Trinajstić information content (AvgIpc) is 2.87. The molecule has 0 spiro atoms. The van der Waals surface area contributed by atoms with Gasteiger partial charge >= 0.3 is 0 Å². The lowest BCUT2D eigenvalue weighted by atomic mass is 10.3. The van der Waals surface area contributed by atoms with Gasteiger partial charge in [-0.05, 0) is 6.92 Å². The quantitative estimate of drug-likeness (QED) is 0.827. The Morgan fingerprint density at radius 3 is 3.21 bits per heavy atom. The highest BCUT2D eigenvalue weighted by Crippen LogP contribution is 2.25. The van der Waals surface area contributed by atoms with Gasteiger partial charge in [-0.15, -0.1) is 0 Å². The molecule has 1 aliphatic heterocycles. The van der Waals surface area contributed by atoms with Crippen molar-refractivity contribution >= 4 is 17.5 Å². The second-order valence-corrected chi connectivity index (χ2v) is 4.72. The predicted octanol–water partition coefficient (Wildman–Crippen LogP) is 1.75. The van der Waals surface area contributed by atoms with Crippen LogP contribution < -0.4 is 4.74 Å². The highest BCUT2D eigenvalue weighted by molar-refractivity contribution is 6.31. The minimum Gasteiger partial charge on any atom is -0.487 e. The summed E-state index contributed by atoms with van der Waals surface area (Å²) in [6.45, 7) is 3.82. The van der Waals surface area contributed by atoms with E-state index in [1.54, 1.807) is 23.4 Å². The van der Waals surface area contributed by atoms with Gasteiger partial charge in [0.2, 0.25) is 5.91 Å². The van der Waals surface area contributed by atoms with Crippen molar-refractivity contribution in [2.45, 2.75) is 19.4 Å². The molecule has 1 unspecified atom stereocenters. The molecule has 6 heteroatoms. The van der Waals surface area contributed by atoms with Crippen LogP contribution in [-0.2, 0) is 9.53 Å².